The average molecular weight is 351 g/mol. The number of hydrogen-bond acceptors (Lipinski definition) is 2. The number of thiocarbonyl (C=S) groups is 1. The smallest absolute Gasteiger partial charge is 0.170 e. The molecule has 0 heterocycles. The van der Waals surface area contributed by atoms with Crippen LogP contribution in [-0.2, 0) is 0 Å². The van der Waals surface area contributed by atoms with E-state index in [1.54, 1.807) is 0 Å². The van der Waals surface area contributed by atoms with Crippen LogP contribution in [0.1, 0.15) is 11.7 Å². The Bertz CT molecular complexity index is 560. The summed E-state index contributed by atoms with van der Waals surface area (Å²) < 4.78 is 0.989. The summed E-state index contributed by atoms with van der Waals surface area (Å²) in [6, 6.07) is 17.2. The number of hydrogen-bond donors (Lipinski definition) is 3. The van der Waals surface area contributed by atoms with E-state index in [4.69, 9.17) is 12.2 Å². The summed E-state index contributed by atoms with van der Waals surface area (Å²) in [5.74, 6) is 0. The van der Waals surface area contributed by atoms with Crippen LogP contribution in [0.4, 0.5) is 5.69 Å². The number of anilines is 1. The van der Waals surface area contributed by atoms with E-state index in [0.717, 1.165) is 15.7 Å². The van der Waals surface area contributed by atoms with E-state index in [9.17, 15) is 5.11 Å². The van der Waals surface area contributed by atoms with Gasteiger partial charge in [-0.3, -0.25) is 0 Å². The molecule has 0 aliphatic heterocycles. The van der Waals surface area contributed by atoms with Crippen molar-refractivity contribution in [1.29, 1.82) is 0 Å². The molecule has 0 aliphatic rings. The standard InChI is InChI=1S/C15H15BrN2OS/c16-12-8-6-11(7-9-12)14(19)10-17-15(20)18-13-4-2-1-3-5-13/h1-9,14,19H,10H2,(H2,17,18,20). The Hall–Kier alpha value is -1.43. The van der Waals surface area contributed by atoms with Gasteiger partial charge in [0.15, 0.2) is 5.11 Å². The molecule has 2 aromatic carbocycles. The SMILES string of the molecule is OC(CNC(=S)Nc1ccccc1)c1ccc(Br)cc1. The molecule has 0 radical (unpaired) electrons. The largest absolute Gasteiger partial charge is 0.387 e. The second-order valence-corrected chi connectivity index (χ2v) is 5.59. The average Bonchev–Trinajstić information content (AvgIpc) is 2.46. The first-order valence-electron chi connectivity index (χ1n) is 6.18. The van der Waals surface area contributed by atoms with Crippen molar-refractivity contribution in [3.63, 3.8) is 0 Å². The number of rotatable bonds is 4. The first-order chi connectivity index (χ1) is 9.65. The van der Waals surface area contributed by atoms with Crippen LogP contribution >= 0.6 is 28.1 Å². The topological polar surface area (TPSA) is 44.3 Å². The molecule has 0 fully saturated rings. The predicted octanol–water partition coefficient (Wildman–Crippen LogP) is 3.47. The Morgan fingerprint density at radius 2 is 1.75 bits per heavy atom. The Morgan fingerprint density at radius 1 is 1.10 bits per heavy atom. The van der Waals surface area contributed by atoms with Crippen LogP contribution in [-0.4, -0.2) is 16.8 Å². The highest BCUT2D eigenvalue weighted by molar-refractivity contribution is 9.10. The third-order valence-corrected chi connectivity index (χ3v) is 3.52. The molecule has 0 amide bonds. The Labute approximate surface area is 132 Å². The van der Waals surface area contributed by atoms with E-state index in [2.05, 4.69) is 26.6 Å². The van der Waals surface area contributed by atoms with Gasteiger partial charge in [0.2, 0.25) is 0 Å². The van der Waals surface area contributed by atoms with E-state index in [-0.39, 0.29) is 0 Å². The number of para-hydroxylation sites is 1. The van der Waals surface area contributed by atoms with Gasteiger partial charge < -0.3 is 15.7 Å². The Balaban J connectivity index is 1.82. The highest BCUT2D eigenvalue weighted by Gasteiger charge is 2.07. The van der Waals surface area contributed by atoms with Crippen LogP contribution in [0.3, 0.4) is 0 Å². The van der Waals surface area contributed by atoms with Crippen LogP contribution in [0.5, 0.6) is 0 Å². The van der Waals surface area contributed by atoms with Crippen LogP contribution in [0.2, 0.25) is 0 Å². The van der Waals surface area contributed by atoms with Crippen molar-refractivity contribution in [3.05, 3.63) is 64.6 Å². The molecule has 1 atom stereocenters. The second-order valence-electron chi connectivity index (χ2n) is 4.27. The third-order valence-electron chi connectivity index (χ3n) is 2.74. The molecule has 0 aliphatic carbocycles. The van der Waals surface area contributed by atoms with Crippen molar-refractivity contribution in [3.8, 4) is 0 Å². The summed E-state index contributed by atoms with van der Waals surface area (Å²) in [5, 5.41) is 16.6. The molecule has 0 bridgehead atoms. The first-order valence-corrected chi connectivity index (χ1v) is 7.39. The minimum Gasteiger partial charge on any atom is -0.387 e. The molecule has 1 unspecified atom stereocenters. The third kappa shape index (κ3) is 4.59. The summed E-state index contributed by atoms with van der Waals surface area (Å²) in [4.78, 5) is 0. The zero-order chi connectivity index (χ0) is 14.4. The molecule has 3 nitrogen and oxygen atoms in total. The van der Waals surface area contributed by atoms with Gasteiger partial charge in [-0.1, -0.05) is 46.3 Å². The van der Waals surface area contributed by atoms with Crippen LogP contribution in [0.15, 0.2) is 59.1 Å². The highest BCUT2D eigenvalue weighted by atomic mass is 79.9. The van der Waals surface area contributed by atoms with E-state index in [0.29, 0.717) is 11.7 Å². The van der Waals surface area contributed by atoms with Crippen molar-refractivity contribution >= 4 is 38.9 Å². The lowest BCUT2D eigenvalue weighted by atomic mass is 10.1. The number of nitrogens with one attached hydrogen (secondary N) is 2. The fourth-order valence-corrected chi connectivity index (χ4v) is 2.15. The fourth-order valence-electron chi connectivity index (χ4n) is 1.69. The maximum absolute atomic E-state index is 10.1. The highest BCUT2D eigenvalue weighted by Crippen LogP contribution is 2.16. The van der Waals surface area contributed by atoms with Crippen molar-refractivity contribution in [2.75, 3.05) is 11.9 Å². The van der Waals surface area contributed by atoms with Crippen LogP contribution in [0, 0.1) is 0 Å². The summed E-state index contributed by atoms with van der Waals surface area (Å²) in [6.07, 6.45) is -0.598. The van der Waals surface area contributed by atoms with Crippen molar-refractivity contribution in [1.82, 2.24) is 5.32 Å². The summed E-state index contributed by atoms with van der Waals surface area (Å²) >= 11 is 8.55. The minimum atomic E-state index is -0.598. The van der Waals surface area contributed by atoms with E-state index in [1.165, 1.54) is 0 Å². The monoisotopic (exact) mass is 350 g/mol. The van der Waals surface area contributed by atoms with Crippen LogP contribution in [0.25, 0.3) is 0 Å². The van der Waals surface area contributed by atoms with Crippen molar-refractivity contribution < 1.29 is 5.11 Å². The Kier molecular flexibility index (Phi) is 5.52. The Morgan fingerprint density at radius 3 is 2.40 bits per heavy atom. The molecule has 5 heteroatoms. The van der Waals surface area contributed by atoms with Gasteiger partial charge in [-0.05, 0) is 42.0 Å². The number of aliphatic hydroxyl groups excluding tert-OH is 1. The van der Waals surface area contributed by atoms with Crippen molar-refractivity contribution in [2.24, 2.45) is 0 Å². The van der Waals surface area contributed by atoms with Gasteiger partial charge in [0.25, 0.3) is 0 Å². The lowest BCUT2D eigenvalue weighted by molar-refractivity contribution is 0.181. The molecule has 0 aromatic heterocycles. The second kappa shape index (κ2) is 7.38. The van der Waals surface area contributed by atoms with E-state index >= 15 is 0 Å². The molecule has 20 heavy (non-hydrogen) atoms. The maximum atomic E-state index is 10.1. The van der Waals surface area contributed by atoms with Gasteiger partial charge >= 0.3 is 0 Å². The molecule has 2 aromatic rings. The number of aliphatic hydroxyl groups is 1. The molecular weight excluding hydrogens is 336 g/mol. The zero-order valence-corrected chi connectivity index (χ0v) is 13.1. The molecule has 0 spiro atoms. The molecule has 0 saturated heterocycles. The quantitative estimate of drug-likeness (QED) is 0.738. The van der Waals surface area contributed by atoms with E-state index in [1.807, 2.05) is 54.6 Å². The van der Waals surface area contributed by atoms with Crippen molar-refractivity contribution in [2.45, 2.75) is 6.10 Å². The van der Waals surface area contributed by atoms with Gasteiger partial charge in [0.05, 0.1) is 6.10 Å². The van der Waals surface area contributed by atoms with Gasteiger partial charge in [0.1, 0.15) is 0 Å². The number of benzene rings is 2. The van der Waals surface area contributed by atoms with E-state index < -0.39 is 6.10 Å². The molecule has 0 saturated carbocycles. The maximum Gasteiger partial charge on any atom is 0.170 e. The van der Waals surface area contributed by atoms with Gasteiger partial charge in [0, 0.05) is 16.7 Å². The lowest BCUT2D eigenvalue weighted by Gasteiger charge is -2.15. The molecular formula is C15H15BrN2OS. The van der Waals surface area contributed by atoms with Gasteiger partial charge in [-0.15, -0.1) is 0 Å². The molecule has 3 N–H and O–H groups in total. The minimum absolute atomic E-state index is 0.361. The first kappa shape index (κ1) is 15.0. The number of halogens is 1. The summed E-state index contributed by atoms with van der Waals surface area (Å²) in [5.41, 5.74) is 1.77. The summed E-state index contributed by atoms with van der Waals surface area (Å²) in [6.45, 7) is 0.361. The van der Waals surface area contributed by atoms with Crippen LogP contribution < -0.4 is 10.6 Å². The normalized spacial score (nSPS) is 11.7. The fraction of sp³-hybridized carbons (Fsp3) is 0.133. The zero-order valence-electron chi connectivity index (χ0n) is 10.7. The molecule has 104 valence electrons. The molecule has 2 rings (SSSR count). The predicted molar refractivity (Wildman–Crippen MR) is 89.8 cm³/mol. The van der Waals surface area contributed by atoms with Gasteiger partial charge in [-0.2, -0.15) is 0 Å². The summed E-state index contributed by atoms with van der Waals surface area (Å²) in [7, 11) is 0. The van der Waals surface area contributed by atoms with Gasteiger partial charge in [-0.25, -0.2) is 0 Å². The lowest BCUT2D eigenvalue weighted by Crippen LogP contribution is -2.32.